The van der Waals surface area contributed by atoms with Gasteiger partial charge in [-0.25, -0.2) is 0 Å². The van der Waals surface area contributed by atoms with Gasteiger partial charge in [0, 0.05) is 38.3 Å². The zero-order valence-electron chi connectivity index (χ0n) is 13.7. The number of aryl methyl sites for hydroxylation is 1. The van der Waals surface area contributed by atoms with Crippen molar-refractivity contribution in [3.8, 4) is 0 Å². The molecule has 1 saturated heterocycles. The summed E-state index contributed by atoms with van der Waals surface area (Å²) in [7, 11) is 0. The molecule has 1 aliphatic rings. The van der Waals surface area contributed by atoms with Crippen molar-refractivity contribution < 1.29 is 19.2 Å². The molecule has 7 nitrogen and oxygen atoms in total. The number of carboxylic acids is 1. The van der Waals surface area contributed by atoms with E-state index in [1.807, 2.05) is 4.90 Å². The van der Waals surface area contributed by atoms with Crippen LogP contribution in [0.25, 0.3) is 0 Å². The lowest BCUT2D eigenvalue weighted by Gasteiger charge is -2.30. The quantitative estimate of drug-likeness (QED) is 0.789. The molecule has 128 valence electrons. The molecule has 0 radical (unpaired) electrons. The second-order valence-corrected chi connectivity index (χ2v) is 6.05. The lowest BCUT2D eigenvalue weighted by molar-refractivity contribution is -0.137. The summed E-state index contributed by atoms with van der Waals surface area (Å²) in [6, 6.07) is 0. The summed E-state index contributed by atoms with van der Waals surface area (Å²) < 4.78 is 5.36. The number of nitrogens with zero attached hydrogens (tertiary/aromatic N) is 3. The minimum atomic E-state index is -0.855. The third-order valence-electron chi connectivity index (χ3n) is 4.22. The lowest BCUT2D eigenvalue weighted by atomic mass is 9.96. The first-order valence-corrected chi connectivity index (χ1v) is 8.42. The highest BCUT2D eigenvalue weighted by Gasteiger charge is 2.27. The Morgan fingerprint density at radius 1 is 1.26 bits per heavy atom. The molecule has 2 rings (SSSR count). The van der Waals surface area contributed by atoms with Crippen LogP contribution in [0.3, 0.4) is 0 Å². The standard InChI is InChI=1S/C16H25N3O4/c1-2-3-5-13-17-16(23-18-13)12-8-10-19(11-9-12)14(20)6-4-7-15(21)22/h12H,2-11H2,1H3,(H,21,22). The van der Waals surface area contributed by atoms with Crippen molar-refractivity contribution in [1.82, 2.24) is 15.0 Å². The molecule has 0 bridgehead atoms. The molecule has 0 atom stereocenters. The molecule has 1 N–H and O–H groups in total. The first-order valence-electron chi connectivity index (χ1n) is 8.42. The monoisotopic (exact) mass is 323 g/mol. The maximum Gasteiger partial charge on any atom is 0.303 e. The van der Waals surface area contributed by atoms with Crippen LogP contribution < -0.4 is 0 Å². The van der Waals surface area contributed by atoms with Gasteiger partial charge >= 0.3 is 5.97 Å². The molecule has 1 amide bonds. The number of aromatic nitrogens is 2. The van der Waals surface area contributed by atoms with Crippen LogP contribution in [0.2, 0.25) is 0 Å². The molecule has 0 aromatic carbocycles. The van der Waals surface area contributed by atoms with Gasteiger partial charge < -0.3 is 14.5 Å². The molecule has 1 aromatic heterocycles. The number of aliphatic carboxylic acids is 1. The minimum Gasteiger partial charge on any atom is -0.481 e. The number of carbonyl (C=O) groups excluding carboxylic acids is 1. The molecule has 1 fully saturated rings. The summed E-state index contributed by atoms with van der Waals surface area (Å²) in [5, 5.41) is 12.6. The average molecular weight is 323 g/mol. The number of hydrogen-bond donors (Lipinski definition) is 1. The van der Waals surface area contributed by atoms with Crippen LogP contribution in [-0.4, -0.2) is 45.1 Å². The molecule has 7 heteroatoms. The van der Waals surface area contributed by atoms with Crippen molar-refractivity contribution in [2.45, 2.75) is 64.2 Å². The van der Waals surface area contributed by atoms with Crippen molar-refractivity contribution in [3.05, 3.63) is 11.7 Å². The number of amides is 1. The Morgan fingerprint density at radius 3 is 2.65 bits per heavy atom. The molecule has 0 saturated carbocycles. The molecule has 0 spiro atoms. The summed E-state index contributed by atoms with van der Waals surface area (Å²) in [5.74, 6) is 0.870. The van der Waals surface area contributed by atoms with Gasteiger partial charge in [0.25, 0.3) is 0 Å². The molecule has 1 aromatic rings. The number of piperidine rings is 1. The van der Waals surface area contributed by atoms with Crippen molar-refractivity contribution in [1.29, 1.82) is 0 Å². The van der Waals surface area contributed by atoms with Gasteiger partial charge in [-0.05, 0) is 25.7 Å². The van der Waals surface area contributed by atoms with Crippen molar-refractivity contribution >= 4 is 11.9 Å². The number of carbonyl (C=O) groups is 2. The summed E-state index contributed by atoms with van der Waals surface area (Å²) >= 11 is 0. The second-order valence-electron chi connectivity index (χ2n) is 6.05. The topological polar surface area (TPSA) is 96.5 Å². The van der Waals surface area contributed by atoms with Gasteiger partial charge in [0.15, 0.2) is 5.82 Å². The molecular weight excluding hydrogens is 298 g/mol. The van der Waals surface area contributed by atoms with E-state index in [1.165, 1.54) is 0 Å². The van der Waals surface area contributed by atoms with E-state index < -0.39 is 5.97 Å². The summed E-state index contributed by atoms with van der Waals surface area (Å²) in [5.41, 5.74) is 0. The lowest BCUT2D eigenvalue weighted by Crippen LogP contribution is -2.37. The maximum atomic E-state index is 12.0. The number of carboxylic acid groups (broad SMARTS) is 1. The molecule has 23 heavy (non-hydrogen) atoms. The maximum absolute atomic E-state index is 12.0. The Morgan fingerprint density at radius 2 is 2.00 bits per heavy atom. The van der Waals surface area contributed by atoms with Gasteiger partial charge in [-0.15, -0.1) is 0 Å². The van der Waals surface area contributed by atoms with E-state index in [1.54, 1.807) is 0 Å². The fourth-order valence-electron chi connectivity index (χ4n) is 2.79. The smallest absolute Gasteiger partial charge is 0.303 e. The highest BCUT2D eigenvalue weighted by Crippen LogP contribution is 2.27. The van der Waals surface area contributed by atoms with Gasteiger partial charge in [-0.2, -0.15) is 4.98 Å². The van der Waals surface area contributed by atoms with Crippen LogP contribution in [0.15, 0.2) is 4.52 Å². The number of hydrogen-bond acceptors (Lipinski definition) is 5. The van der Waals surface area contributed by atoms with Gasteiger partial charge in [-0.3, -0.25) is 9.59 Å². The van der Waals surface area contributed by atoms with Gasteiger partial charge in [0.1, 0.15) is 0 Å². The van der Waals surface area contributed by atoms with Crippen LogP contribution in [0.1, 0.15) is 69.5 Å². The van der Waals surface area contributed by atoms with Crippen LogP contribution in [0, 0.1) is 0 Å². The fraction of sp³-hybridized carbons (Fsp3) is 0.750. The Balaban J connectivity index is 1.75. The van der Waals surface area contributed by atoms with Gasteiger partial charge in [-0.1, -0.05) is 18.5 Å². The number of rotatable bonds is 8. The van der Waals surface area contributed by atoms with E-state index in [9.17, 15) is 9.59 Å². The van der Waals surface area contributed by atoms with Crippen LogP contribution in [0.4, 0.5) is 0 Å². The van der Waals surface area contributed by atoms with E-state index in [0.29, 0.717) is 31.8 Å². The van der Waals surface area contributed by atoms with Crippen molar-refractivity contribution in [3.63, 3.8) is 0 Å². The fourth-order valence-corrected chi connectivity index (χ4v) is 2.79. The Hall–Kier alpha value is -1.92. The van der Waals surface area contributed by atoms with E-state index >= 15 is 0 Å². The van der Waals surface area contributed by atoms with Gasteiger partial charge in [0.2, 0.25) is 11.8 Å². The van der Waals surface area contributed by atoms with Gasteiger partial charge in [0.05, 0.1) is 0 Å². The normalized spacial score (nSPS) is 15.8. The molecule has 0 unspecified atom stereocenters. The number of likely N-dealkylation sites (tertiary alicyclic amines) is 1. The zero-order valence-corrected chi connectivity index (χ0v) is 13.7. The van der Waals surface area contributed by atoms with E-state index in [0.717, 1.165) is 37.9 Å². The molecule has 0 aliphatic carbocycles. The predicted octanol–water partition coefficient (Wildman–Crippen LogP) is 2.37. The Labute approximate surface area is 136 Å². The molecular formula is C16H25N3O4. The minimum absolute atomic E-state index is 0.0406. The Kier molecular flexibility index (Phi) is 6.55. The summed E-state index contributed by atoms with van der Waals surface area (Å²) in [4.78, 5) is 28.8. The van der Waals surface area contributed by atoms with Crippen molar-refractivity contribution in [2.75, 3.05) is 13.1 Å². The SMILES string of the molecule is CCCCc1noc(C2CCN(C(=O)CCCC(=O)O)CC2)n1. The van der Waals surface area contributed by atoms with E-state index in [4.69, 9.17) is 9.63 Å². The van der Waals surface area contributed by atoms with Crippen LogP contribution in [0.5, 0.6) is 0 Å². The summed E-state index contributed by atoms with van der Waals surface area (Å²) in [6.45, 7) is 3.47. The van der Waals surface area contributed by atoms with E-state index in [2.05, 4.69) is 17.1 Å². The predicted molar refractivity (Wildman–Crippen MR) is 83.0 cm³/mol. The zero-order chi connectivity index (χ0) is 16.7. The molecule has 2 heterocycles. The Bertz CT molecular complexity index is 521. The van der Waals surface area contributed by atoms with Crippen molar-refractivity contribution in [2.24, 2.45) is 0 Å². The van der Waals surface area contributed by atoms with Crippen LogP contribution in [-0.2, 0) is 16.0 Å². The first kappa shape index (κ1) is 17.4. The average Bonchev–Trinajstić information content (AvgIpc) is 3.01. The van der Waals surface area contributed by atoms with E-state index in [-0.39, 0.29) is 18.2 Å². The third kappa shape index (κ3) is 5.33. The number of unbranched alkanes of at least 4 members (excludes halogenated alkanes) is 1. The molecule has 1 aliphatic heterocycles. The first-order chi connectivity index (χ1) is 11.1. The highest BCUT2D eigenvalue weighted by molar-refractivity contribution is 5.77. The summed E-state index contributed by atoms with van der Waals surface area (Å²) in [6.07, 6.45) is 5.40. The van der Waals surface area contributed by atoms with Crippen LogP contribution >= 0.6 is 0 Å². The highest BCUT2D eigenvalue weighted by atomic mass is 16.5. The largest absolute Gasteiger partial charge is 0.481 e. The second kappa shape index (κ2) is 8.64. The third-order valence-corrected chi connectivity index (χ3v) is 4.22.